The Labute approximate surface area is 137 Å². The molecule has 0 N–H and O–H groups in total. The summed E-state index contributed by atoms with van der Waals surface area (Å²) in [7, 11) is 0. The van der Waals surface area contributed by atoms with Gasteiger partial charge in [-0.2, -0.15) is 9.78 Å². The number of benzene rings is 2. The first kappa shape index (κ1) is 14.8. The number of aromatic nitrogens is 3. The summed E-state index contributed by atoms with van der Waals surface area (Å²) in [6.45, 7) is 0. The van der Waals surface area contributed by atoms with E-state index in [0.717, 1.165) is 27.1 Å². The van der Waals surface area contributed by atoms with E-state index in [1.807, 2.05) is 54.6 Å². The van der Waals surface area contributed by atoms with Crippen molar-refractivity contribution in [2.24, 2.45) is 5.10 Å². The highest BCUT2D eigenvalue weighted by molar-refractivity contribution is 7.98. The van der Waals surface area contributed by atoms with Gasteiger partial charge in [-0.15, -0.1) is 10.2 Å². The molecule has 0 atom stereocenters. The highest BCUT2D eigenvalue weighted by Crippen LogP contribution is 2.25. The van der Waals surface area contributed by atoms with Crippen molar-refractivity contribution in [3.63, 3.8) is 0 Å². The second-order valence-corrected chi connectivity index (χ2v) is 5.84. The first-order valence-electron chi connectivity index (χ1n) is 6.68. The number of rotatable bonds is 5. The van der Waals surface area contributed by atoms with Gasteiger partial charge in [-0.25, -0.2) is 0 Å². The minimum Gasteiger partial charge on any atom is -0.195 e. The summed E-state index contributed by atoms with van der Waals surface area (Å²) < 4.78 is 1.66. The quantitative estimate of drug-likeness (QED) is 0.523. The van der Waals surface area contributed by atoms with Crippen LogP contribution in [0.25, 0.3) is 0 Å². The number of halogens is 1. The van der Waals surface area contributed by atoms with Crippen LogP contribution in [0.5, 0.6) is 0 Å². The van der Waals surface area contributed by atoms with E-state index < -0.39 is 0 Å². The van der Waals surface area contributed by atoms with Gasteiger partial charge in [-0.3, -0.25) is 0 Å². The summed E-state index contributed by atoms with van der Waals surface area (Å²) in [5.41, 5.74) is 2.09. The molecule has 0 radical (unpaired) electrons. The molecule has 0 saturated heterocycles. The number of thioether (sulfide) groups is 1. The summed E-state index contributed by atoms with van der Waals surface area (Å²) in [6.07, 6.45) is 3.37. The molecule has 1 aromatic heterocycles. The van der Waals surface area contributed by atoms with Gasteiger partial charge in [0.15, 0.2) is 0 Å². The summed E-state index contributed by atoms with van der Waals surface area (Å²) in [5.74, 6) is 0.721. The van der Waals surface area contributed by atoms with Gasteiger partial charge in [-0.1, -0.05) is 71.9 Å². The Kier molecular flexibility index (Phi) is 4.88. The fraction of sp³-hybridized carbons (Fsp3) is 0.0625. The Hall–Kier alpha value is -2.11. The number of hydrogen-bond acceptors (Lipinski definition) is 4. The van der Waals surface area contributed by atoms with Crippen molar-refractivity contribution in [1.82, 2.24) is 14.9 Å². The zero-order valence-corrected chi connectivity index (χ0v) is 13.2. The normalized spacial score (nSPS) is 11.1. The predicted molar refractivity (Wildman–Crippen MR) is 90.5 cm³/mol. The van der Waals surface area contributed by atoms with E-state index in [0.29, 0.717) is 0 Å². The zero-order chi connectivity index (χ0) is 15.2. The van der Waals surface area contributed by atoms with Crippen molar-refractivity contribution in [3.05, 3.63) is 77.1 Å². The molecule has 3 aromatic rings. The fourth-order valence-corrected chi connectivity index (χ4v) is 2.97. The highest BCUT2D eigenvalue weighted by atomic mass is 35.5. The lowest BCUT2D eigenvalue weighted by molar-refractivity contribution is 0.767. The maximum atomic E-state index is 6.16. The van der Waals surface area contributed by atoms with Gasteiger partial charge in [0.05, 0.1) is 6.21 Å². The van der Waals surface area contributed by atoms with Crippen LogP contribution in [-0.4, -0.2) is 21.1 Å². The molecule has 0 bridgehead atoms. The van der Waals surface area contributed by atoms with E-state index in [4.69, 9.17) is 11.6 Å². The van der Waals surface area contributed by atoms with E-state index in [1.165, 1.54) is 0 Å². The van der Waals surface area contributed by atoms with Crippen LogP contribution < -0.4 is 0 Å². The smallest absolute Gasteiger partial charge is 0.195 e. The predicted octanol–water partition coefficient (Wildman–Crippen LogP) is 4.11. The second kappa shape index (κ2) is 7.24. The summed E-state index contributed by atoms with van der Waals surface area (Å²) in [4.78, 5) is 0. The Morgan fingerprint density at radius 1 is 1.09 bits per heavy atom. The van der Waals surface area contributed by atoms with E-state index in [1.54, 1.807) is 29.0 Å². The third-order valence-corrected chi connectivity index (χ3v) is 4.30. The van der Waals surface area contributed by atoms with Crippen molar-refractivity contribution >= 4 is 29.6 Å². The topological polar surface area (TPSA) is 43.1 Å². The summed E-state index contributed by atoms with van der Waals surface area (Å²) in [6, 6.07) is 17.7. The molecule has 0 fully saturated rings. The van der Waals surface area contributed by atoms with Gasteiger partial charge in [0.25, 0.3) is 0 Å². The van der Waals surface area contributed by atoms with Crippen molar-refractivity contribution in [1.29, 1.82) is 0 Å². The van der Waals surface area contributed by atoms with Crippen LogP contribution in [0.1, 0.15) is 11.1 Å². The van der Waals surface area contributed by atoms with Crippen LogP contribution in [0.15, 0.2) is 71.2 Å². The van der Waals surface area contributed by atoms with E-state index in [2.05, 4.69) is 15.3 Å². The lowest BCUT2D eigenvalue weighted by Crippen LogP contribution is -1.93. The van der Waals surface area contributed by atoms with Crippen LogP contribution in [0.4, 0.5) is 0 Å². The average Bonchev–Trinajstić information content (AvgIpc) is 3.01. The molecular weight excluding hydrogens is 316 g/mol. The molecule has 22 heavy (non-hydrogen) atoms. The monoisotopic (exact) mass is 328 g/mol. The third-order valence-electron chi connectivity index (χ3n) is 2.95. The van der Waals surface area contributed by atoms with Crippen LogP contribution in [0.3, 0.4) is 0 Å². The maximum Gasteiger partial charge on any atom is 0.212 e. The molecule has 0 aliphatic rings. The molecule has 0 aliphatic carbocycles. The van der Waals surface area contributed by atoms with Crippen LogP contribution in [-0.2, 0) is 5.75 Å². The molecule has 6 heteroatoms. The standard InChI is InChI=1S/C16H13ClN4S/c17-15-9-5-4-8-14(15)11-22-16-20-18-12-21(16)19-10-13-6-2-1-3-7-13/h1-10,12H,11H2/b19-10-. The molecule has 2 aromatic carbocycles. The van der Waals surface area contributed by atoms with Crippen molar-refractivity contribution in [2.75, 3.05) is 0 Å². The second-order valence-electron chi connectivity index (χ2n) is 4.49. The van der Waals surface area contributed by atoms with Crippen molar-refractivity contribution in [3.8, 4) is 0 Å². The Morgan fingerprint density at radius 3 is 2.68 bits per heavy atom. The van der Waals surface area contributed by atoms with Gasteiger partial charge in [0, 0.05) is 10.8 Å². The van der Waals surface area contributed by atoms with Crippen molar-refractivity contribution < 1.29 is 0 Å². The fourth-order valence-electron chi connectivity index (χ4n) is 1.82. The van der Waals surface area contributed by atoms with E-state index in [-0.39, 0.29) is 0 Å². The molecule has 0 spiro atoms. The Balaban J connectivity index is 1.70. The van der Waals surface area contributed by atoms with Gasteiger partial charge in [0.1, 0.15) is 6.33 Å². The molecule has 0 saturated carbocycles. The lowest BCUT2D eigenvalue weighted by atomic mass is 10.2. The highest BCUT2D eigenvalue weighted by Gasteiger charge is 2.06. The van der Waals surface area contributed by atoms with Gasteiger partial charge in [0.2, 0.25) is 5.16 Å². The molecule has 1 heterocycles. The average molecular weight is 329 g/mol. The zero-order valence-electron chi connectivity index (χ0n) is 11.6. The Bertz CT molecular complexity index is 771. The summed E-state index contributed by atoms with van der Waals surface area (Å²) >= 11 is 7.71. The minimum atomic E-state index is 0.721. The molecule has 0 aliphatic heterocycles. The van der Waals surface area contributed by atoms with E-state index >= 15 is 0 Å². The number of nitrogens with zero attached hydrogens (tertiary/aromatic N) is 4. The first-order valence-corrected chi connectivity index (χ1v) is 8.05. The van der Waals surface area contributed by atoms with Crippen LogP contribution in [0, 0.1) is 0 Å². The molecule has 110 valence electrons. The van der Waals surface area contributed by atoms with Gasteiger partial charge >= 0.3 is 0 Å². The third kappa shape index (κ3) is 3.75. The van der Waals surface area contributed by atoms with Gasteiger partial charge < -0.3 is 0 Å². The largest absolute Gasteiger partial charge is 0.212 e. The van der Waals surface area contributed by atoms with Gasteiger partial charge in [-0.05, 0) is 17.2 Å². The molecule has 4 nitrogen and oxygen atoms in total. The van der Waals surface area contributed by atoms with Crippen molar-refractivity contribution in [2.45, 2.75) is 10.9 Å². The van der Waals surface area contributed by atoms with Crippen LogP contribution >= 0.6 is 23.4 Å². The molecule has 0 unspecified atom stereocenters. The first-order chi connectivity index (χ1) is 10.8. The SMILES string of the molecule is Clc1ccccc1CSc1nncn1/N=C\c1ccccc1. The number of hydrogen-bond donors (Lipinski definition) is 0. The molecule has 3 rings (SSSR count). The Morgan fingerprint density at radius 2 is 1.86 bits per heavy atom. The summed E-state index contributed by atoms with van der Waals surface area (Å²) in [5, 5.41) is 13.9. The van der Waals surface area contributed by atoms with E-state index in [9.17, 15) is 0 Å². The maximum absolute atomic E-state index is 6.16. The van der Waals surface area contributed by atoms with Crippen LogP contribution in [0.2, 0.25) is 5.02 Å². The lowest BCUT2D eigenvalue weighted by Gasteiger charge is -2.03. The molecule has 0 amide bonds. The minimum absolute atomic E-state index is 0.721. The molecular formula is C16H13ClN4S.